The summed E-state index contributed by atoms with van der Waals surface area (Å²) >= 11 is 0. The molecule has 0 bridgehead atoms. The molecule has 0 radical (unpaired) electrons. The molecule has 2 unspecified atom stereocenters. The maximum atomic E-state index is 12.5. The van der Waals surface area contributed by atoms with Crippen LogP contribution < -0.4 is 0 Å². The van der Waals surface area contributed by atoms with Gasteiger partial charge in [-0.15, -0.1) is 0 Å². The molecule has 3 nitrogen and oxygen atoms in total. The number of aryl methyl sites for hydroxylation is 1. The van der Waals surface area contributed by atoms with Crippen molar-refractivity contribution in [3.63, 3.8) is 0 Å². The third kappa shape index (κ3) is 2.19. The normalized spacial score (nSPS) is 27.3. The molecule has 0 spiro atoms. The first-order valence-electron chi connectivity index (χ1n) is 6.24. The third-order valence-corrected chi connectivity index (χ3v) is 6.19. The van der Waals surface area contributed by atoms with Crippen molar-refractivity contribution in [3.8, 4) is 0 Å². The maximum absolute atomic E-state index is 12.5. The van der Waals surface area contributed by atoms with Gasteiger partial charge in [0.05, 0.1) is 16.2 Å². The summed E-state index contributed by atoms with van der Waals surface area (Å²) in [5.74, 6) is 0. The lowest BCUT2D eigenvalue weighted by atomic mass is 9.89. The Bertz CT molecular complexity index is 529. The van der Waals surface area contributed by atoms with Crippen LogP contribution in [-0.4, -0.2) is 24.9 Å². The number of hydrogen-bond donors (Lipinski definition) is 1. The van der Waals surface area contributed by atoms with E-state index in [-0.39, 0.29) is 5.41 Å². The Labute approximate surface area is 109 Å². The SMILES string of the molecule is Cc1ccc(S(=O)(=O)C2CCC(C)(C)C2O)cc1. The molecule has 100 valence electrons. The Morgan fingerprint density at radius 1 is 1.22 bits per heavy atom. The van der Waals surface area contributed by atoms with E-state index in [1.807, 2.05) is 20.8 Å². The standard InChI is InChI=1S/C14H20O3S/c1-10-4-6-11(7-5-10)18(16,17)12-8-9-14(2,3)13(12)15/h4-7,12-13,15H,8-9H2,1-3H3. The van der Waals surface area contributed by atoms with Gasteiger partial charge in [-0.3, -0.25) is 0 Å². The minimum atomic E-state index is -3.43. The molecule has 0 aliphatic heterocycles. The van der Waals surface area contributed by atoms with Gasteiger partial charge < -0.3 is 5.11 Å². The largest absolute Gasteiger partial charge is 0.391 e. The molecule has 1 aromatic rings. The molecule has 1 saturated carbocycles. The molecular weight excluding hydrogens is 248 g/mol. The van der Waals surface area contributed by atoms with Gasteiger partial charge in [0.2, 0.25) is 0 Å². The first-order valence-corrected chi connectivity index (χ1v) is 7.78. The zero-order valence-corrected chi connectivity index (χ0v) is 11.9. The van der Waals surface area contributed by atoms with Crippen LogP contribution in [0.2, 0.25) is 0 Å². The Hall–Kier alpha value is -0.870. The lowest BCUT2D eigenvalue weighted by molar-refractivity contribution is 0.0816. The Morgan fingerprint density at radius 3 is 2.22 bits per heavy atom. The van der Waals surface area contributed by atoms with Crippen LogP contribution in [0, 0.1) is 12.3 Å². The molecule has 0 aromatic heterocycles. The fourth-order valence-corrected chi connectivity index (χ4v) is 4.55. The number of aliphatic hydroxyl groups excluding tert-OH is 1. The van der Waals surface area contributed by atoms with E-state index < -0.39 is 21.2 Å². The summed E-state index contributed by atoms with van der Waals surface area (Å²) in [4.78, 5) is 0.315. The molecule has 18 heavy (non-hydrogen) atoms. The summed E-state index contributed by atoms with van der Waals surface area (Å²) in [6.45, 7) is 5.76. The molecule has 1 fully saturated rings. The van der Waals surface area contributed by atoms with Gasteiger partial charge in [0.15, 0.2) is 9.84 Å². The summed E-state index contributed by atoms with van der Waals surface area (Å²) in [7, 11) is -3.43. The molecule has 0 saturated heterocycles. The van der Waals surface area contributed by atoms with Gasteiger partial charge in [-0.1, -0.05) is 31.5 Å². The second kappa shape index (κ2) is 4.35. The lowest BCUT2D eigenvalue weighted by Gasteiger charge is -2.25. The molecule has 1 aromatic carbocycles. The summed E-state index contributed by atoms with van der Waals surface area (Å²) in [6, 6.07) is 6.84. The molecule has 2 atom stereocenters. The predicted molar refractivity (Wildman–Crippen MR) is 71.2 cm³/mol. The quantitative estimate of drug-likeness (QED) is 0.895. The van der Waals surface area contributed by atoms with Gasteiger partial charge >= 0.3 is 0 Å². The molecule has 1 aliphatic rings. The van der Waals surface area contributed by atoms with Crippen LogP contribution in [0.15, 0.2) is 29.2 Å². The molecule has 4 heteroatoms. The van der Waals surface area contributed by atoms with E-state index in [1.54, 1.807) is 24.3 Å². The third-order valence-electron chi connectivity index (χ3n) is 3.97. The van der Waals surface area contributed by atoms with E-state index >= 15 is 0 Å². The van der Waals surface area contributed by atoms with Gasteiger partial charge in [0.1, 0.15) is 0 Å². The Morgan fingerprint density at radius 2 is 1.78 bits per heavy atom. The van der Waals surface area contributed by atoms with Crippen LogP contribution in [-0.2, 0) is 9.84 Å². The predicted octanol–water partition coefficient (Wildman–Crippen LogP) is 2.32. The van der Waals surface area contributed by atoms with Crippen LogP contribution in [0.3, 0.4) is 0 Å². The molecule has 1 aliphatic carbocycles. The van der Waals surface area contributed by atoms with E-state index in [2.05, 4.69) is 0 Å². The van der Waals surface area contributed by atoms with Crippen LogP contribution in [0.25, 0.3) is 0 Å². The first kappa shape index (κ1) is 13.6. The molecule has 0 heterocycles. The maximum Gasteiger partial charge on any atom is 0.183 e. The average Bonchev–Trinajstić information content (AvgIpc) is 2.55. The van der Waals surface area contributed by atoms with E-state index in [0.29, 0.717) is 11.3 Å². The van der Waals surface area contributed by atoms with Crippen molar-refractivity contribution in [1.82, 2.24) is 0 Å². The smallest absolute Gasteiger partial charge is 0.183 e. The zero-order valence-electron chi connectivity index (χ0n) is 11.1. The minimum Gasteiger partial charge on any atom is -0.391 e. The highest BCUT2D eigenvalue weighted by molar-refractivity contribution is 7.92. The van der Waals surface area contributed by atoms with Crippen molar-refractivity contribution in [1.29, 1.82) is 0 Å². The van der Waals surface area contributed by atoms with Crippen molar-refractivity contribution >= 4 is 9.84 Å². The highest BCUT2D eigenvalue weighted by Crippen LogP contribution is 2.42. The number of benzene rings is 1. The van der Waals surface area contributed by atoms with Crippen molar-refractivity contribution in [3.05, 3.63) is 29.8 Å². The first-order chi connectivity index (χ1) is 8.25. The summed E-state index contributed by atoms with van der Waals surface area (Å²) in [5.41, 5.74) is 0.712. The number of hydrogen-bond acceptors (Lipinski definition) is 3. The van der Waals surface area contributed by atoms with Gasteiger partial charge in [0, 0.05) is 0 Å². The molecule has 1 N–H and O–H groups in total. The van der Waals surface area contributed by atoms with Crippen molar-refractivity contribution < 1.29 is 13.5 Å². The van der Waals surface area contributed by atoms with Crippen LogP contribution >= 0.6 is 0 Å². The minimum absolute atomic E-state index is 0.315. The molecular formula is C14H20O3S. The fraction of sp³-hybridized carbons (Fsp3) is 0.571. The van der Waals surface area contributed by atoms with Gasteiger partial charge in [-0.05, 0) is 37.3 Å². The van der Waals surface area contributed by atoms with E-state index in [0.717, 1.165) is 12.0 Å². The monoisotopic (exact) mass is 268 g/mol. The van der Waals surface area contributed by atoms with Crippen molar-refractivity contribution in [2.24, 2.45) is 5.41 Å². The number of sulfone groups is 1. The zero-order chi connectivity index (χ0) is 13.6. The van der Waals surface area contributed by atoms with Crippen molar-refractivity contribution in [2.75, 3.05) is 0 Å². The van der Waals surface area contributed by atoms with Crippen LogP contribution in [0.1, 0.15) is 32.3 Å². The van der Waals surface area contributed by atoms with Gasteiger partial charge in [0.25, 0.3) is 0 Å². The number of rotatable bonds is 2. The highest BCUT2D eigenvalue weighted by atomic mass is 32.2. The second-order valence-corrected chi connectivity index (χ2v) is 8.04. The van der Waals surface area contributed by atoms with Gasteiger partial charge in [-0.25, -0.2) is 8.42 Å². The van der Waals surface area contributed by atoms with Crippen LogP contribution in [0.4, 0.5) is 0 Å². The van der Waals surface area contributed by atoms with E-state index in [4.69, 9.17) is 0 Å². The highest BCUT2D eigenvalue weighted by Gasteiger charge is 2.47. The summed E-state index contributed by atoms with van der Waals surface area (Å²) in [5, 5.41) is 9.52. The molecule has 2 rings (SSSR count). The summed E-state index contributed by atoms with van der Waals surface area (Å²) < 4.78 is 25.0. The van der Waals surface area contributed by atoms with E-state index in [9.17, 15) is 13.5 Å². The molecule has 0 amide bonds. The topological polar surface area (TPSA) is 54.4 Å². The lowest BCUT2D eigenvalue weighted by Crippen LogP contribution is -2.36. The van der Waals surface area contributed by atoms with Crippen molar-refractivity contribution in [2.45, 2.75) is 49.9 Å². The Kier molecular flexibility index (Phi) is 3.28. The Balaban J connectivity index is 2.36. The van der Waals surface area contributed by atoms with E-state index in [1.165, 1.54) is 0 Å². The van der Waals surface area contributed by atoms with Gasteiger partial charge in [-0.2, -0.15) is 0 Å². The summed E-state index contributed by atoms with van der Waals surface area (Å²) in [6.07, 6.45) is 0.484. The van der Waals surface area contributed by atoms with Crippen LogP contribution in [0.5, 0.6) is 0 Å². The number of aliphatic hydroxyl groups is 1. The second-order valence-electron chi connectivity index (χ2n) is 5.87. The average molecular weight is 268 g/mol. The fourth-order valence-electron chi connectivity index (χ4n) is 2.55.